The van der Waals surface area contributed by atoms with Crippen molar-refractivity contribution >= 4 is 17.4 Å². The number of hydrogen-bond acceptors (Lipinski definition) is 2. The lowest BCUT2D eigenvalue weighted by atomic mass is 10.2. The van der Waals surface area contributed by atoms with E-state index in [1.807, 2.05) is 0 Å². The number of unbranched alkanes of at least 4 members (excludes halogenated alkanes) is 1. The van der Waals surface area contributed by atoms with Gasteiger partial charge < -0.3 is 10.6 Å². The normalized spacial score (nSPS) is 10.1. The van der Waals surface area contributed by atoms with Gasteiger partial charge in [0.25, 0.3) is 0 Å². The van der Waals surface area contributed by atoms with Gasteiger partial charge in [0.05, 0.1) is 6.54 Å². The molecule has 1 heterocycles. The minimum atomic E-state index is -0.0658. The fourth-order valence-electron chi connectivity index (χ4n) is 1.44. The third-order valence-corrected chi connectivity index (χ3v) is 3.41. The van der Waals surface area contributed by atoms with Crippen LogP contribution >= 0.6 is 11.3 Å². The van der Waals surface area contributed by atoms with Gasteiger partial charge >= 0.3 is 6.03 Å². The summed E-state index contributed by atoms with van der Waals surface area (Å²) in [5.41, 5.74) is 1.33. The number of rotatable bonds is 6. The third kappa shape index (κ3) is 4.23. The van der Waals surface area contributed by atoms with Crippen LogP contribution in [0.15, 0.2) is 11.4 Å². The number of carbonyl (C=O) groups excluding carboxylic acids is 1. The lowest BCUT2D eigenvalue weighted by Crippen LogP contribution is -2.35. The smallest absolute Gasteiger partial charge is 0.315 e. The molecule has 16 heavy (non-hydrogen) atoms. The first-order valence-electron chi connectivity index (χ1n) is 5.84. The molecule has 0 spiro atoms. The molecule has 2 amide bonds. The van der Waals surface area contributed by atoms with Crippen LogP contribution in [0.25, 0.3) is 0 Å². The van der Waals surface area contributed by atoms with Gasteiger partial charge in [-0.15, -0.1) is 11.3 Å². The topological polar surface area (TPSA) is 41.1 Å². The predicted molar refractivity (Wildman–Crippen MR) is 68.8 cm³/mol. The summed E-state index contributed by atoms with van der Waals surface area (Å²) in [6, 6.07) is 2.06. The highest BCUT2D eigenvalue weighted by Gasteiger charge is 2.04. The summed E-state index contributed by atoms with van der Waals surface area (Å²) in [5.74, 6) is 0. The minimum absolute atomic E-state index is 0.0658. The van der Waals surface area contributed by atoms with Gasteiger partial charge in [0, 0.05) is 11.4 Å². The van der Waals surface area contributed by atoms with Crippen molar-refractivity contribution in [3.8, 4) is 0 Å². The van der Waals surface area contributed by atoms with E-state index in [1.54, 1.807) is 11.3 Å². The monoisotopic (exact) mass is 240 g/mol. The summed E-state index contributed by atoms with van der Waals surface area (Å²) < 4.78 is 0. The highest BCUT2D eigenvalue weighted by Crippen LogP contribution is 2.16. The van der Waals surface area contributed by atoms with E-state index in [9.17, 15) is 4.79 Å². The molecule has 0 aliphatic rings. The molecule has 0 aliphatic carbocycles. The van der Waals surface area contributed by atoms with E-state index in [2.05, 4.69) is 35.9 Å². The second kappa shape index (κ2) is 7.28. The number of thiophene rings is 1. The molecule has 3 nitrogen and oxygen atoms in total. The molecule has 0 radical (unpaired) electrons. The SMILES string of the molecule is CCCCNC(=O)NCc1sccc1CC. The van der Waals surface area contributed by atoms with Gasteiger partial charge in [0.1, 0.15) is 0 Å². The maximum atomic E-state index is 11.4. The number of urea groups is 1. The molecule has 0 fully saturated rings. The van der Waals surface area contributed by atoms with Crippen LogP contribution in [0, 0.1) is 0 Å². The second-order valence-electron chi connectivity index (χ2n) is 3.69. The van der Waals surface area contributed by atoms with Crippen LogP contribution in [0.2, 0.25) is 0 Å². The van der Waals surface area contributed by atoms with Gasteiger partial charge in [-0.2, -0.15) is 0 Å². The fourth-order valence-corrected chi connectivity index (χ4v) is 2.35. The Morgan fingerprint density at radius 3 is 2.88 bits per heavy atom. The van der Waals surface area contributed by atoms with E-state index in [1.165, 1.54) is 10.4 Å². The average Bonchev–Trinajstić information content (AvgIpc) is 2.74. The Bertz CT molecular complexity index is 323. The van der Waals surface area contributed by atoms with Crippen LogP contribution in [0.5, 0.6) is 0 Å². The molecule has 90 valence electrons. The van der Waals surface area contributed by atoms with E-state index in [0.717, 1.165) is 25.8 Å². The van der Waals surface area contributed by atoms with Crippen molar-refractivity contribution in [2.45, 2.75) is 39.7 Å². The summed E-state index contributed by atoms with van der Waals surface area (Å²) >= 11 is 1.70. The molecule has 1 aromatic heterocycles. The first-order chi connectivity index (χ1) is 7.77. The van der Waals surface area contributed by atoms with Crippen molar-refractivity contribution in [2.24, 2.45) is 0 Å². The highest BCUT2D eigenvalue weighted by atomic mass is 32.1. The van der Waals surface area contributed by atoms with E-state index in [0.29, 0.717) is 6.54 Å². The number of amides is 2. The van der Waals surface area contributed by atoms with Crippen molar-refractivity contribution < 1.29 is 4.79 Å². The zero-order valence-electron chi connectivity index (χ0n) is 10.0. The van der Waals surface area contributed by atoms with Crippen molar-refractivity contribution in [1.29, 1.82) is 0 Å². The Hall–Kier alpha value is -1.03. The van der Waals surface area contributed by atoms with Crippen molar-refractivity contribution in [3.63, 3.8) is 0 Å². The Kier molecular flexibility index (Phi) is 5.93. The zero-order chi connectivity index (χ0) is 11.8. The molecular weight excluding hydrogens is 220 g/mol. The molecular formula is C12H20N2OS. The molecule has 0 unspecified atom stereocenters. The van der Waals surface area contributed by atoms with Gasteiger partial charge in [-0.25, -0.2) is 4.79 Å². The number of aryl methyl sites for hydroxylation is 1. The number of hydrogen-bond donors (Lipinski definition) is 2. The molecule has 1 aromatic rings. The third-order valence-electron chi connectivity index (χ3n) is 2.44. The summed E-state index contributed by atoms with van der Waals surface area (Å²) in [6.45, 7) is 5.64. The molecule has 2 N–H and O–H groups in total. The van der Waals surface area contributed by atoms with Crippen LogP contribution in [0.4, 0.5) is 4.79 Å². The summed E-state index contributed by atoms with van der Waals surface area (Å²) in [4.78, 5) is 12.7. The van der Waals surface area contributed by atoms with Crippen LogP contribution in [0.3, 0.4) is 0 Å². The van der Waals surface area contributed by atoms with Gasteiger partial charge in [-0.05, 0) is 29.9 Å². The van der Waals surface area contributed by atoms with Gasteiger partial charge in [0.2, 0.25) is 0 Å². The molecule has 0 aliphatic heterocycles. The Morgan fingerprint density at radius 2 is 2.19 bits per heavy atom. The van der Waals surface area contributed by atoms with Gasteiger partial charge in [-0.3, -0.25) is 0 Å². The summed E-state index contributed by atoms with van der Waals surface area (Å²) in [5, 5.41) is 7.79. The maximum Gasteiger partial charge on any atom is 0.315 e. The van der Waals surface area contributed by atoms with E-state index in [4.69, 9.17) is 0 Å². The standard InChI is InChI=1S/C12H20N2OS/c1-3-5-7-13-12(15)14-9-11-10(4-2)6-8-16-11/h6,8H,3-5,7,9H2,1-2H3,(H2,13,14,15). The maximum absolute atomic E-state index is 11.4. The lowest BCUT2D eigenvalue weighted by Gasteiger charge is -2.07. The Morgan fingerprint density at radius 1 is 1.38 bits per heavy atom. The Labute approximate surface area is 101 Å². The average molecular weight is 240 g/mol. The molecule has 0 saturated heterocycles. The van der Waals surface area contributed by atoms with Crippen LogP contribution in [0.1, 0.15) is 37.1 Å². The number of carbonyl (C=O) groups is 1. The van der Waals surface area contributed by atoms with Gasteiger partial charge in [0.15, 0.2) is 0 Å². The fraction of sp³-hybridized carbons (Fsp3) is 0.583. The summed E-state index contributed by atoms with van der Waals surface area (Å²) in [6.07, 6.45) is 3.16. The Balaban J connectivity index is 2.26. The molecule has 0 atom stereocenters. The van der Waals surface area contributed by atoms with Crippen molar-refractivity contribution in [3.05, 3.63) is 21.9 Å². The van der Waals surface area contributed by atoms with Crippen molar-refractivity contribution in [1.82, 2.24) is 10.6 Å². The minimum Gasteiger partial charge on any atom is -0.338 e. The molecule has 0 bridgehead atoms. The van der Waals surface area contributed by atoms with E-state index < -0.39 is 0 Å². The lowest BCUT2D eigenvalue weighted by molar-refractivity contribution is 0.240. The predicted octanol–water partition coefficient (Wildman–Crippen LogP) is 2.91. The largest absolute Gasteiger partial charge is 0.338 e. The first-order valence-corrected chi connectivity index (χ1v) is 6.72. The van der Waals surface area contributed by atoms with Crippen LogP contribution < -0.4 is 10.6 Å². The van der Waals surface area contributed by atoms with Crippen LogP contribution in [-0.4, -0.2) is 12.6 Å². The zero-order valence-corrected chi connectivity index (χ0v) is 10.8. The molecule has 0 aromatic carbocycles. The first kappa shape index (κ1) is 13.0. The molecule has 1 rings (SSSR count). The van der Waals surface area contributed by atoms with E-state index in [-0.39, 0.29) is 6.03 Å². The second-order valence-corrected chi connectivity index (χ2v) is 4.69. The quantitative estimate of drug-likeness (QED) is 0.738. The van der Waals surface area contributed by atoms with Crippen LogP contribution in [-0.2, 0) is 13.0 Å². The number of nitrogens with one attached hydrogen (secondary N) is 2. The summed E-state index contributed by atoms with van der Waals surface area (Å²) in [7, 11) is 0. The van der Waals surface area contributed by atoms with Gasteiger partial charge in [-0.1, -0.05) is 20.3 Å². The van der Waals surface area contributed by atoms with Crippen molar-refractivity contribution in [2.75, 3.05) is 6.54 Å². The molecule has 4 heteroatoms. The van der Waals surface area contributed by atoms with E-state index >= 15 is 0 Å². The highest BCUT2D eigenvalue weighted by molar-refractivity contribution is 7.10. The molecule has 0 saturated carbocycles.